The molecule has 0 saturated heterocycles. The highest BCUT2D eigenvalue weighted by atomic mass is 16.3. The quantitative estimate of drug-likeness (QED) is 0.634. The second-order valence-electron chi connectivity index (χ2n) is 6.21. The topological polar surface area (TPSA) is 81.7 Å². The van der Waals surface area contributed by atoms with Crippen molar-refractivity contribution in [1.82, 2.24) is 15.5 Å². The molecule has 0 bridgehead atoms. The van der Waals surface area contributed by atoms with E-state index >= 15 is 0 Å². The predicted molar refractivity (Wildman–Crippen MR) is 105 cm³/mol. The van der Waals surface area contributed by atoms with Crippen molar-refractivity contribution in [2.24, 2.45) is 0 Å². The molecule has 2 aromatic carbocycles. The van der Waals surface area contributed by atoms with Crippen LogP contribution in [-0.4, -0.2) is 48.7 Å². The summed E-state index contributed by atoms with van der Waals surface area (Å²) < 4.78 is 0. The second kappa shape index (κ2) is 11.1. The van der Waals surface area contributed by atoms with E-state index < -0.39 is 6.03 Å². The van der Waals surface area contributed by atoms with Gasteiger partial charge in [0.05, 0.1) is 6.04 Å². The molecular formula is C21H27N3O3. The molecule has 0 atom stereocenters. The number of hydrogen-bond acceptors (Lipinski definition) is 4. The van der Waals surface area contributed by atoms with Crippen LogP contribution < -0.4 is 10.6 Å². The molecular weight excluding hydrogens is 342 g/mol. The highest BCUT2D eigenvalue weighted by Crippen LogP contribution is 2.28. The SMILES string of the molecule is CNC(=O)NC(=O)CCN(CCCO)C(c1ccccc1)c1ccccc1. The van der Waals surface area contributed by atoms with Crippen molar-refractivity contribution in [3.63, 3.8) is 0 Å². The zero-order valence-corrected chi connectivity index (χ0v) is 15.6. The van der Waals surface area contributed by atoms with Crippen molar-refractivity contribution in [3.8, 4) is 0 Å². The maximum atomic E-state index is 12.0. The molecule has 0 spiro atoms. The Morgan fingerprint density at radius 2 is 1.52 bits per heavy atom. The zero-order chi connectivity index (χ0) is 19.5. The van der Waals surface area contributed by atoms with E-state index in [-0.39, 0.29) is 25.0 Å². The van der Waals surface area contributed by atoms with Crippen LogP contribution in [0.2, 0.25) is 0 Å². The molecule has 0 aliphatic carbocycles. The van der Waals surface area contributed by atoms with Gasteiger partial charge in [0.2, 0.25) is 5.91 Å². The van der Waals surface area contributed by atoms with E-state index in [0.29, 0.717) is 19.5 Å². The van der Waals surface area contributed by atoms with Gasteiger partial charge < -0.3 is 10.4 Å². The van der Waals surface area contributed by atoms with E-state index in [4.69, 9.17) is 0 Å². The summed E-state index contributed by atoms with van der Waals surface area (Å²) in [5.74, 6) is -0.330. The summed E-state index contributed by atoms with van der Waals surface area (Å²) in [5.41, 5.74) is 2.24. The fourth-order valence-electron chi connectivity index (χ4n) is 3.03. The van der Waals surface area contributed by atoms with Gasteiger partial charge in [-0.2, -0.15) is 0 Å². The van der Waals surface area contributed by atoms with E-state index in [1.807, 2.05) is 36.4 Å². The van der Waals surface area contributed by atoms with Gasteiger partial charge in [-0.3, -0.25) is 15.0 Å². The first-order valence-corrected chi connectivity index (χ1v) is 9.12. The van der Waals surface area contributed by atoms with Crippen LogP contribution >= 0.6 is 0 Å². The van der Waals surface area contributed by atoms with Gasteiger partial charge in [0.15, 0.2) is 0 Å². The number of carbonyl (C=O) groups is 2. The average molecular weight is 369 g/mol. The molecule has 144 valence electrons. The zero-order valence-electron chi connectivity index (χ0n) is 15.6. The van der Waals surface area contributed by atoms with Gasteiger partial charge in [-0.15, -0.1) is 0 Å². The van der Waals surface area contributed by atoms with Gasteiger partial charge >= 0.3 is 6.03 Å². The number of urea groups is 1. The van der Waals surface area contributed by atoms with Crippen molar-refractivity contribution in [2.75, 3.05) is 26.7 Å². The van der Waals surface area contributed by atoms with Crippen molar-refractivity contribution < 1.29 is 14.7 Å². The van der Waals surface area contributed by atoms with E-state index in [1.54, 1.807) is 0 Å². The number of aliphatic hydroxyl groups is 1. The Morgan fingerprint density at radius 3 is 2.00 bits per heavy atom. The molecule has 0 saturated carbocycles. The monoisotopic (exact) mass is 369 g/mol. The van der Waals surface area contributed by atoms with Gasteiger partial charge in [0, 0.05) is 33.2 Å². The number of aliphatic hydroxyl groups excluding tert-OH is 1. The van der Waals surface area contributed by atoms with Crippen LogP contribution in [0.4, 0.5) is 4.79 Å². The lowest BCUT2D eigenvalue weighted by atomic mass is 9.96. The molecule has 3 amide bonds. The van der Waals surface area contributed by atoms with Crippen LogP contribution in [0, 0.1) is 0 Å². The Kier molecular flexibility index (Phi) is 8.48. The fourth-order valence-corrected chi connectivity index (χ4v) is 3.03. The minimum Gasteiger partial charge on any atom is -0.396 e. The molecule has 0 aromatic heterocycles. The van der Waals surface area contributed by atoms with Crippen LogP contribution in [-0.2, 0) is 4.79 Å². The normalized spacial score (nSPS) is 10.8. The number of nitrogens with one attached hydrogen (secondary N) is 2. The molecule has 0 aliphatic heterocycles. The summed E-state index contributed by atoms with van der Waals surface area (Å²) in [4.78, 5) is 25.5. The summed E-state index contributed by atoms with van der Waals surface area (Å²) >= 11 is 0. The molecule has 0 heterocycles. The van der Waals surface area contributed by atoms with Gasteiger partial charge in [-0.1, -0.05) is 60.7 Å². The van der Waals surface area contributed by atoms with Crippen molar-refractivity contribution in [3.05, 3.63) is 71.8 Å². The summed E-state index contributed by atoms with van der Waals surface area (Å²) in [5, 5.41) is 14.0. The smallest absolute Gasteiger partial charge is 0.321 e. The molecule has 0 radical (unpaired) electrons. The highest BCUT2D eigenvalue weighted by molar-refractivity contribution is 5.94. The Hall–Kier alpha value is -2.70. The number of carbonyl (C=O) groups excluding carboxylic acids is 2. The Balaban J connectivity index is 2.23. The molecule has 0 aliphatic rings. The fraction of sp³-hybridized carbons (Fsp3) is 0.333. The van der Waals surface area contributed by atoms with Crippen molar-refractivity contribution in [2.45, 2.75) is 18.9 Å². The lowest BCUT2D eigenvalue weighted by molar-refractivity contribution is -0.120. The maximum absolute atomic E-state index is 12.0. The number of amides is 3. The summed E-state index contributed by atoms with van der Waals surface area (Å²) in [6.07, 6.45) is 0.794. The standard InChI is InChI=1S/C21H27N3O3/c1-22-21(27)23-19(26)13-15-24(14-8-16-25)20(17-9-4-2-5-10-17)18-11-6-3-7-12-18/h2-7,9-12,20,25H,8,13-16H2,1H3,(H2,22,23,26,27). The highest BCUT2D eigenvalue weighted by Gasteiger charge is 2.22. The Morgan fingerprint density at radius 1 is 0.963 bits per heavy atom. The molecule has 2 aromatic rings. The average Bonchev–Trinajstić information content (AvgIpc) is 2.71. The lowest BCUT2D eigenvalue weighted by Crippen LogP contribution is -2.40. The third-order valence-corrected chi connectivity index (χ3v) is 4.31. The largest absolute Gasteiger partial charge is 0.396 e. The molecule has 3 N–H and O–H groups in total. The van der Waals surface area contributed by atoms with Crippen LogP contribution in [0.15, 0.2) is 60.7 Å². The third-order valence-electron chi connectivity index (χ3n) is 4.31. The molecule has 0 fully saturated rings. The van der Waals surface area contributed by atoms with Gasteiger partial charge in [-0.05, 0) is 17.5 Å². The van der Waals surface area contributed by atoms with Crippen LogP contribution in [0.1, 0.15) is 30.0 Å². The van der Waals surface area contributed by atoms with Gasteiger partial charge in [0.25, 0.3) is 0 Å². The number of hydrogen-bond donors (Lipinski definition) is 3. The summed E-state index contributed by atoms with van der Waals surface area (Å²) in [6, 6.07) is 19.6. The van der Waals surface area contributed by atoms with Crippen molar-refractivity contribution >= 4 is 11.9 Å². The van der Waals surface area contributed by atoms with Crippen molar-refractivity contribution in [1.29, 1.82) is 0 Å². The number of benzene rings is 2. The second-order valence-corrected chi connectivity index (χ2v) is 6.21. The molecule has 2 rings (SSSR count). The van der Waals surface area contributed by atoms with Crippen LogP contribution in [0.5, 0.6) is 0 Å². The molecule has 0 unspecified atom stereocenters. The lowest BCUT2D eigenvalue weighted by Gasteiger charge is -2.32. The van der Waals surface area contributed by atoms with Gasteiger partial charge in [0.1, 0.15) is 0 Å². The number of nitrogens with zero attached hydrogens (tertiary/aromatic N) is 1. The summed E-state index contributed by atoms with van der Waals surface area (Å²) in [6.45, 7) is 1.19. The first-order chi connectivity index (χ1) is 13.2. The minimum atomic E-state index is -0.510. The minimum absolute atomic E-state index is 0.0354. The maximum Gasteiger partial charge on any atom is 0.321 e. The van der Waals surface area contributed by atoms with E-state index in [9.17, 15) is 14.7 Å². The van der Waals surface area contributed by atoms with Crippen LogP contribution in [0.3, 0.4) is 0 Å². The Bertz CT molecular complexity index is 668. The molecule has 6 heteroatoms. The molecule has 27 heavy (non-hydrogen) atoms. The number of imide groups is 1. The van der Waals surface area contributed by atoms with Crippen LogP contribution in [0.25, 0.3) is 0 Å². The molecule has 6 nitrogen and oxygen atoms in total. The van der Waals surface area contributed by atoms with E-state index in [1.165, 1.54) is 7.05 Å². The predicted octanol–water partition coefficient (Wildman–Crippen LogP) is 2.31. The number of rotatable bonds is 9. The first kappa shape index (κ1) is 20.6. The van der Waals surface area contributed by atoms with Gasteiger partial charge in [-0.25, -0.2) is 4.79 Å². The summed E-state index contributed by atoms with van der Waals surface area (Å²) in [7, 11) is 1.47. The van der Waals surface area contributed by atoms with E-state index in [0.717, 1.165) is 11.1 Å². The Labute approximate surface area is 160 Å². The van der Waals surface area contributed by atoms with E-state index in [2.05, 4.69) is 39.8 Å². The third kappa shape index (κ3) is 6.51. The first-order valence-electron chi connectivity index (χ1n) is 9.12.